The number of hydrogen-bond acceptors (Lipinski definition) is 3. The van der Waals surface area contributed by atoms with E-state index in [0.717, 1.165) is 18.9 Å². The molecule has 1 saturated carbocycles. The highest BCUT2D eigenvalue weighted by molar-refractivity contribution is 9.10. The van der Waals surface area contributed by atoms with Crippen LogP contribution in [0.3, 0.4) is 0 Å². The number of hydrogen-bond donors (Lipinski definition) is 1. The number of sulfonamides is 1. The molecule has 2 rings (SSSR count). The Morgan fingerprint density at radius 1 is 1.50 bits per heavy atom. The van der Waals surface area contributed by atoms with Crippen molar-refractivity contribution < 1.29 is 12.8 Å². The fourth-order valence-corrected chi connectivity index (χ4v) is 3.56. The average Bonchev–Trinajstić information content (AvgIpc) is 3.07. The van der Waals surface area contributed by atoms with Gasteiger partial charge < -0.3 is 5.73 Å². The summed E-state index contributed by atoms with van der Waals surface area (Å²) in [5.74, 6) is -0.133. The molecule has 0 heterocycles. The van der Waals surface area contributed by atoms with Gasteiger partial charge in [0.2, 0.25) is 10.0 Å². The van der Waals surface area contributed by atoms with Crippen LogP contribution in [0, 0.1) is 11.7 Å². The second-order valence-electron chi connectivity index (χ2n) is 4.53. The first-order valence-electron chi connectivity index (χ1n) is 5.53. The van der Waals surface area contributed by atoms with Crippen molar-refractivity contribution in [2.45, 2.75) is 17.7 Å². The van der Waals surface area contributed by atoms with Gasteiger partial charge in [-0.1, -0.05) is 0 Å². The fraction of sp³-hybridized carbons (Fsp3) is 0.455. The lowest BCUT2D eigenvalue weighted by atomic mass is 10.3. The molecule has 0 aliphatic heterocycles. The van der Waals surface area contributed by atoms with Crippen LogP contribution < -0.4 is 5.73 Å². The lowest BCUT2D eigenvalue weighted by Crippen LogP contribution is -2.29. The largest absolute Gasteiger partial charge is 0.398 e. The second kappa shape index (κ2) is 4.79. The summed E-state index contributed by atoms with van der Waals surface area (Å²) in [7, 11) is -2.13. The number of halogens is 2. The Morgan fingerprint density at radius 2 is 2.11 bits per heavy atom. The summed E-state index contributed by atoms with van der Waals surface area (Å²) in [6.07, 6.45) is 2.12. The van der Waals surface area contributed by atoms with Gasteiger partial charge in [-0.15, -0.1) is 0 Å². The predicted octanol–water partition coefficient (Wildman–Crippen LogP) is 2.20. The van der Waals surface area contributed by atoms with Crippen LogP contribution in [0.1, 0.15) is 12.8 Å². The molecule has 100 valence electrons. The van der Waals surface area contributed by atoms with Gasteiger partial charge in [0.25, 0.3) is 0 Å². The monoisotopic (exact) mass is 336 g/mol. The van der Waals surface area contributed by atoms with E-state index in [9.17, 15) is 12.8 Å². The van der Waals surface area contributed by atoms with E-state index in [1.165, 1.54) is 17.4 Å². The van der Waals surface area contributed by atoms with Crippen molar-refractivity contribution >= 4 is 31.6 Å². The van der Waals surface area contributed by atoms with E-state index < -0.39 is 15.8 Å². The van der Waals surface area contributed by atoms with Crippen LogP contribution in [0.25, 0.3) is 0 Å². The molecule has 1 aromatic rings. The number of anilines is 1. The minimum absolute atomic E-state index is 0.0566. The molecule has 1 aromatic carbocycles. The van der Waals surface area contributed by atoms with E-state index >= 15 is 0 Å². The Hall–Kier alpha value is -0.660. The third-order valence-corrected chi connectivity index (χ3v) is 5.44. The van der Waals surface area contributed by atoms with E-state index in [2.05, 4.69) is 15.9 Å². The lowest BCUT2D eigenvalue weighted by molar-refractivity contribution is 0.453. The minimum Gasteiger partial charge on any atom is -0.398 e. The number of rotatable bonds is 4. The van der Waals surface area contributed by atoms with E-state index in [1.54, 1.807) is 0 Å². The van der Waals surface area contributed by atoms with Gasteiger partial charge in [-0.2, -0.15) is 0 Å². The highest BCUT2D eigenvalue weighted by Gasteiger charge is 2.30. The standard InChI is InChI=1S/C11H14BrFN2O2S/c1-15(6-7-2-3-7)18(16,17)11-4-8(12)9(13)5-10(11)14/h4-5,7H,2-3,6,14H2,1H3. The summed E-state index contributed by atoms with van der Waals surface area (Å²) < 4.78 is 39.2. The van der Waals surface area contributed by atoms with Gasteiger partial charge >= 0.3 is 0 Å². The van der Waals surface area contributed by atoms with Gasteiger partial charge in [0.1, 0.15) is 10.7 Å². The van der Waals surface area contributed by atoms with Crippen molar-refractivity contribution in [2.75, 3.05) is 19.3 Å². The number of nitrogen functional groups attached to an aromatic ring is 1. The zero-order valence-electron chi connectivity index (χ0n) is 9.86. The van der Waals surface area contributed by atoms with Crippen LogP contribution in [0.2, 0.25) is 0 Å². The molecule has 18 heavy (non-hydrogen) atoms. The van der Waals surface area contributed by atoms with Crippen molar-refractivity contribution in [3.8, 4) is 0 Å². The maximum Gasteiger partial charge on any atom is 0.244 e. The third kappa shape index (κ3) is 2.67. The number of nitrogens with two attached hydrogens (primary N) is 1. The highest BCUT2D eigenvalue weighted by Crippen LogP contribution is 2.33. The van der Waals surface area contributed by atoms with Gasteiger partial charge in [-0.3, -0.25) is 0 Å². The Morgan fingerprint density at radius 3 is 2.67 bits per heavy atom. The Bertz CT molecular complexity index is 573. The zero-order chi connectivity index (χ0) is 13.5. The van der Waals surface area contributed by atoms with Crippen molar-refractivity contribution in [2.24, 2.45) is 5.92 Å². The molecule has 1 fully saturated rings. The summed E-state index contributed by atoms with van der Waals surface area (Å²) in [6, 6.07) is 2.23. The smallest absolute Gasteiger partial charge is 0.244 e. The first kappa shape index (κ1) is 13.8. The first-order valence-corrected chi connectivity index (χ1v) is 7.76. The summed E-state index contributed by atoms with van der Waals surface area (Å²) in [5, 5.41) is 0. The van der Waals surface area contributed by atoms with Gasteiger partial charge in [0.15, 0.2) is 0 Å². The molecule has 0 amide bonds. The van der Waals surface area contributed by atoms with Gasteiger partial charge in [-0.25, -0.2) is 17.1 Å². The SMILES string of the molecule is CN(CC1CC1)S(=O)(=O)c1cc(Br)c(F)cc1N. The van der Waals surface area contributed by atoms with Crippen LogP contribution in [-0.2, 0) is 10.0 Å². The highest BCUT2D eigenvalue weighted by atomic mass is 79.9. The van der Waals surface area contributed by atoms with Crippen molar-refractivity contribution in [3.63, 3.8) is 0 Å². The molecule has 7 heteroatoms. The molecule has 0 saturated heterocycles. The van der Waals surface area contributed by atoms with E-state index in [-0.39, 0.29) is 15.1 Å². The molecule has 1 aliphatic rings. The quantitative estimate of drug-likeness (QED) is 0.857. The van der Waals surface area contributed by atoms with Gasteiger partial charge in [0.05, 0.1) is 10.2 Å². The molecule has 0 atom stereocenters. The maximum atomic E-state index is 13.2. The molecule has 4 nitrogen and oxygen atoms in total. The molecular weight excluding hydrogens is 323 g/mol. The van der Waals surface area contributed by atoms with Gasteiger partial charge in [0, 0.05) is 13.6 Å². The van der Waals surface area contributed by atoms with Crippen LogP contribution in [-0.4, -0.2) is 26.3 Å². The number of nitrogens with zero attached hydrogens (tertiary/aromatic N) is 1. The van der Waals surface area contributed by atoms with Crippen LogP contribution in [0.4, 0.5) is 10.1 Å². The summed E-state index contributed by atoms with van der Waals surface area (Å²) in [6.45, 7) is 0.483. The maximum absolute atomic E-state index is 13.2. The average molecular weight is 337 g/mol. The molecule has 0 unspecified atom stereocenters. The molecule has 0 radical (unpaired) electrons. The van der Waals surface area contributed by atoms with Crippen molar-refractivity contribution in [3.05, 3.63) is 22.4 Å². The van der Waals surface area contributed by atoms with E-state index in [0.29, 0.717) is 12.5 Å². The van der Waals surface area contributed by atoms with Crippen LogP contribution in [0.5, 0.6) is 0 Å². The normalized spacial score (nSPS) is 16.2. The fourth-order valence-electron chi connectivity index (χ4n) is 1.70. The third-order valence-electron chi connectivity index (χ3n) is 2.95. The van der Waals surface area contributed by atoms with Gasteiger partial charge in [-0.05, 0) is 46.8 Å². The molecule has 1 aliphatic carbocycles. The summed E-state index contributed by atoms with van der Waals surface area (Å²) >= 11 is 2.97. The molecule has 0 spiro atoms. The lowest BCUT2D eigenvalue weighted by Gasteiger charge is -2.18. The zero-order valence-corrected chi connectivity index (χ0v) is 12.3. The van der Waals surface area contributed by atoms with Crippen LogP contribution in [0.15, 0.2) is 21.5 Å². The van der Waals surface area contributed by atoms with E-state index in [4.69, 9.17) is 5.73 Å². The van der Waals surface area contributed by atoms with Crippen molar-refractivity contribution in [1.29, 1.82) is 0 Å². The second-order valence-corrected chi connectivity index (χ2v) is 7.40. The van der Waals surface area contributed by atoms with Crippen LogP contribution >= 0.6 is 15.9 Å². The minimum atomic E-state index is -3.65. The summed E-state index contributed by atoms with van der Waals surface area (Å²) in [5.41, 5.74) is 5.52. The molecule has 0 aromatic heterocycles. The summed E-state index contributed by atoms with van der Waals surface area (Å²) in [4.78, 5) is -0.0566. The molecular formula is C11H14BrFN2O2S. The molecule has 0 bridgehead atoms. The van der Waals surface area contributed by atoms with Crippen molar-refractivity contribution in [1.82, 2.24) is 4.31 Å². The Kier molecular flexibility index (Phi) is 3.66. The Labute approximate surface area is 114 Å². The topological polar surface area (TPSA) is 63.4 Å². The van der Waals surface area contributed by atoms with E-state index in [1.807, 2.05) is 0 Å². The predicted molar refractivity (Wildman–Crippen MR) is 71.1 cm³/mol. The first-order chi connectivity index (χ1) is 8.32. The number of benzene rings is 1. The molecule has 2 N–H and O–H groups in total. The Balaban J connectivity index is 2.36.